The highest BCUT2D eigenvalue weighted by Crippen LogP contribution is 2.34. The maximum atomic E-state index is 12.3. The van der Waals surface area contributed by atoms with Crippen LogP contribution in [0.3, 0.4) is 0 Å². The quantitative estimate of drug-likeness (QED) is 0.605. The number of nitrogens with zero attached hydrogens (tertiary/aromatic N) is 1. The lowest BCUT2D eigenvalue weighted by molar-refractivity contribution is -0.122. The van der Waals surface area contributed by atoms with Gasteiger partial charge in [-0.15, -0.1) is 0 Å². The zero-order valence-electron chi connectivity index (χ0n) is 13.3. The van der Waals surface area contributed by atoms with E-state index in [1.165, 1.54) is 4.90 Å². The van der Waals surface area contributed by atoms with Crippen LogP contribution in [0.2, 0.25) is 0 Å². The third kappa shape index (κ3) is 3.67. The van der Waals surface area contributed by atoms with Crippen molar-refractivity contribution in [3.05, 3.63) is 27.9 Å². The van der Waals surface area contributed by atoms with Crippen LogP contribution in [-0.4, -0.2) is 37.1 Å². The minimum Gasteiger partial charge on any atom is -0.493 e. The van der Waals surface area contributed by atoms with Crippen LogP contribution in [0, 0.1) is 0 Å². The number of hydrogen-bond acceptors (Lipinski definition) is 4. The van der Waals surface area contributed by atoms with Crippen molar-refractivity contribution in [1.82, 2.24) is 10.2 Å². The zero-order valence-corrected chi connectivity index (χ0v) is 14.9. The number of carbonyl (C=O) groups excluding carboxylic acids is 2. The molecule has 0 spiro atoms. The van der Waals surface area contributed by atoms with Crippen LogP contribution in [0.5, 0.6) is 11.5 Å². The Balaban J connectivity index is 2.37. The van der Waals surface area contributed by atoms with Crippen molar-refractivity contribution in [3.8, 4) is 11.5 Å². The van der Waals surface area contributed by atoms with E-state index in [1.54, 1.807) is 25.3 Å². The van der Waals surface area contributed by atoms with Gasteiger partial charge in [-0.3, -0.25) is 9.69 Å². The topological polar surface area (TPSA) is 67.9 Å². The Hall–Kier alpha value is -2.02. The maximum Gasteiger partial charge on any atom is 0.329 e. The number of ether oxygens (including phenoxy) is 2. The Morgan fingerprint density at radius 3 is 2.61 bits per heavy atom. The molecule has 0 radical (unpaired) electrons. The average Bonchev–Trinajstić information content (AvgIpc) is 2.78. The minimum absolute atomic E-state index is 0.247. The van der Waals surface area contributed by atoms with Crippen molar-refractivity contribution in [2.24, 2.45) is 0 Å². The van der Waals surface area contributed by atoms with E-state index in [9.17, 15) is 9.59 Å². The van der Waals surface area contributed by atoms with Gasteiger partial charge in [0.25, 0.3) is 5.91 Å². The van der Waals surface area contributed by atoms with E-state index in [0.717, 1.165) is 10.0 Å². The number of methoxy groups -OCH3 is 1. The predicted octanol–water partition coefficient (Wildman–Crippen LogP) is 3.16. The third-order valence-electron chi connectivity index (χ3n) is 3.29. The number of halogens is 1. The van der Waals surface area contributed by atoms with E-state index in [2.05, 4.69) is 21.2 Å². The zero-order chi connectivity index (χ0) is 17.0. The molecule has 124 valence electrons. The largest absolute Gasteiger partial charge is 0.493 e. The standard InChI is InChI=1S/C16H19BrN2O4/c1-4-6-19-15(20)12(18-16(19)21)7-10-8-14(23-5-2)13(22-3)9-11(10)17/h7-9H,4-6H2,1-3H3,(H,18,21)/b12-7+. The van der Waals surface area contributed by atoms with E-state index in [-0.39, 0.29) is 11.6 Å². The lowest BCUT2D eigenvalue weighted by Crippen LogP contribution is -2.31. The van der Waals surface area contributed by atoms with Crippen molar-refractivity contribution in [1.29, 1.82) is 0 Å². The van der Waals surface area contributed by atoms with E-state index < -0.39 is 6.03 Å². The number of urea groups is 1. The first kappa shape index (κ1) is 17.3. The van der Waals surface area contributed by atoms with E-state index >= 15 is 0 Å². The van der Waals surface area contributed by atoms with Crippen LogP contribution in [0.4, 0.5) is 4.79 Å². The molecular formula is C16H19BrN2O4. The molecule has 3 amide bonds. The Kier molecular flexibility index (Phi) is 5.65. The Morgan fingerprint density at radius 2 is 2.00 bits per heavy atom. The number of carbonyl (C=O) groups is 2. The summed E-state index contributed by atoms with van der Waals surface area (Å²) in [5, 5.41) is 2.60. The normalized spacial score (nSPS) is 16.0. The van der Waals surface area contributed by atoms with Gasteiger partial charge in [0.05, 0.1) is 13.7 Å². The highest BCUT2D eigenvalue weighted by Gasteiger charge is 2.32. The number of imide groups is 1. The number of rotatable bonds is 6. The molecule has 23 heavy (non-hydrogen) atoms. The van der Waals surface area contributed by atoms with Crippen LogP contribution < -0.4 is 14.8 Å². The first-order valence-corrected chi connectivity index (χ1v) is 8.16. The summed E-state index contributed by atoms with van der Waals surface area (Å²) in [5.41, 5.74) is 0.966. The molecular weight excluding hydrogens is 364 g/mol. The van der Waals surface area contributed by atoms with Gasteiger partial charge in [0, 0.05) is 11.0 Å². The van der Waals surface area contributed by atoms with E-state index in [0.29, 0.717) is 31.1 Å². The van der Waals surface area contributed by atoms with Gasteiger partial charge < -0.3 is 14.8 Å². The molecule has 0 saturated carbocycles. The van der Waals surface area contributed by atoms with Crippen molar-refractivity contribution < 1.29 is 19.1 Å². The molecule has 1 aromatic rings. The molecule has 0 aliphatic carbocycles. The molecule has 2 rings (SSSR count). The van der Waals surface area contributed by atoms with E-state index in [4.69, 9.17) is 9.47 Å². The molecule has 1 heterocycles. The molecule has 1 aliphatic heterocycles. The van der Waals surface area contributed by atoms with Crippen LogP contribution in [0.25, 0.3) is 6.08 Å². The molecule has 0 bridgehead atoms. The maximum absolute atomic E-state index is 12.3. The summed E-state index contributed by atoms with van der Waals surface area (Å²) in [6.07, 6.45) is 2.34. The Labute approximate surface area is 143 Å². The molecule has 0 unspecified atom stereocenters. The molecule has 0 aromatic heterocycles. The molecule has 6 nitrogen and oxygen atoms in total. The molecule has 1 aliphatic rings. The summed E-state index contributed by atoms with van der Waals surface area (Å²) in [6, 6.07) is 3.14. The predicted molar refractivity (Wildman–Crippen MR) is 90.4 cm³/mol. The van der Waals surface area contributed by atoms with E-state index in [1.807, 2.05) is 13.8 Å². The SMILES string of the molecule is CCCN1C(=O)N/C(=C/c2cc(OCC)c(OC)cc2Br)C1=O. The fourth-order valence-corrected chi connectivity index (χ4v) is 2.68. The van der Waals surface area contributed by atoms with Gasteiger partial charge >= 0.3 is 6.03 Å². The lowest BCUT2D eigenvalue weighted by Gasteiger charge is -2.12. The van der Waals surface area contributed by atoms with Crippen molar-refractivity contribution in [2.45, 2.75) is 20.3 Å². The number of hydrogen-bond donors (Lipinski definition) is 1. The molecule has 7 heteroatoms. The number of nitrogens with one attached hydrogen (secondary N) is 1. The summed E-state index contributed by atoms with van der Waals surface area (Å²) < 4.78 is 11.5. The van der Waals surface area contributed by atoms with Gasteiger partial charge in [-0.05, 0) is 37.1 Å². The minimum atomic E-state index is -0.391. The highest BCUT2D eigenvalue weighted by atomic mass is 79.9. The van der Waals surface area contributed by atoms with Crippen LogP contribution in [0.15, 0.2) is 22.3 Å². The summed E-state index contributed by atoms with van der Waals surface area (Å²) in [4.78, 5) is 25.3. The molecule has 0 atom stereocenters. The van der Waals surface area contributed by atoms with Gasteiger partial charge in [-0.25, -0.2) is 4.79 Å². The van der Waals surface area contributed by atoms with Crippen molar-refractivity contribution in [3.63, 3.8) is 0 Å². The van der Waals surface area contributed by atoms with Crippen LogP contribution >= 0.6 is 15.9 Å². The van der Waals surface area contributed by atoms with Gasteiger partial charge in [0.1, 0.15) is 5.70 Å². The second-order valence-electron chi connectivity index (χ2n) is 4.90. The van der Waals surface area contributed by atoms with Crippen LogP contribution in [-0.2, 0) is 4.79 Å². The first-order valence-electron chi connectivity index (χ1n) is 7.36. The second-order valence-corrected chi connectivity index (χ2v) is 5.76. The summed E-state index contributed by atoms with van der Waals surface area (Å²) in [6.45, 7) is 4.68. The molecule has 1 N–H and O–H groups in total. The first-order chi connectivity index (χ1) is 11.0. The third-order valence-corrected chi connectivity index (χ3v) is 3.98. The van der Waals surface area contributed by atoms with Gasteiger partial charge in [0.2, 0.25) is 0 Å². The van der Waals surface area contributed by atoms with Gasteiger partial charge in [-0.1, -0.05) is 22.9 Å². The second kappa shape index (κ2) is 7.50. The van der Waals surface area contributed by atoms with Crippen LogP contribution in [0.1, 0.15) is 25.8 Å². The summed E-state index contributed by atoms with van der Waals surface area (Å²) in [5.74, 6) is 0.847. The summed E-state index contributed by atoms with van der Waals surface area (Å²) in [7, 11) is 1.56. The Morgan fingerprint density at radius 1 is 1.26 bits per heavy atom. The van der Waals surface area contributed by atoms with Gasteiger partial charge in [0.15, 0.2) is 11.5 Å². The average molecular weight is 383 g/mol. The monoisotopic (exact) mass is 382 g/mol. The fraction of sp³-hybridized carbons (Fsp3) is 0.375. The van der Waals surface area contributed by atoms with Crippen molar-refractivity contribution >= 4 is 33.9 Å². The molecule has 1 saturated heterocycles. The highest BCUT2D eigenvalue weighted by molar-refractivity contribution is 9.10. The molecule has 1 fully saturated rings. The molecule has 1 aromatic carbocycles. The fourth-order valence-electron chi connectivity index (χ4n) is 2.24. The smallest absolute Gasteiger partial charge is 0.329 e. The summed E-state index contributed by atoms with van der Waals surface area (Å²) >= 11 is 3.44. The van der Waals surface area contributed by atoms with Gasteiger partial charge in [-0.2, -0.15) is 0 Å². The number of benzene rings is 1. The lowest BCUT2D eigenvalue weighted by atomic mass is 10.1. The Bertz CT molecular complexity index is 658. The number of amides is 3. The van der Waals surface area contributed by atoms with Crippen molar-refractivity contribution in [2.75, 3.05) is 20.3 Å².